The van der Waals surface area contributed by atoms with Crippen LogP contribution in [0.2, 0.25) is 0 Å². The first-order valence-electron chi connectivity index (χ1n) is 20.1. The summed E-state index contributed by atoms with van der Waals surface area (Å²) in [5.74, 6) is -0.263. The number of ether oxygens (including phenoxy) is 9. The summed E-state index contributed by atoms with van der Waals surface area (Å²) in [5, 5.41) is 10.0. The van der Waals surface area contributed by atoms with Gasteiger partial charge in [0, 0.05) is 51.7 Å². The molecule has 292 valence electrons. The van der Waals surface area contributed by atoms with Crippen molar-refractivity contribution in [2.75, 3.05) is 20.3 Å². The standard InChI is InChI=1S/C40H61NO11/c1-20-12-27(46-23(4)22(20)3)6-8-30-21(2)13-29(47-30)10-11-40-17-33-36(51-40)37-38(50-33)39(52-40)35-31(49-37)9-7-28(48-35)15-25(42)14-24-19-45-32(34(24)44-5)16-26(43)18-41/h20,23-24,26-39,43H,2-3,6-19,41H2,1,4-5H3/t20-,23-,24?,26?,27+,28?,29?,30+,31?,32?,33-,34-,35+,36?,37+,38?,39?,40+/m1/s1. The van der Waals surface area contributed by atoms with Crippen LogP contribution in [0.1, 0.15) is 90.9 Å². The van der Waals surface area contributed by atoms with Gasteiger partial charge >= 0.3 is 0 Å². The van der Waals surface area contributed by atoms with Crippen molar-refractivity contribution >= 4 is 5.78 Å². The summed E-state index contributed by atoms with van der Waals surface area (Å²) in [6.45, 7) is 13.5. The lowest BCUT2D eigenvalue weighted by Gasteiger charge is -2.47. The lowest BCUT2D eigenvalue weighted by molar-refractivity contribution is -0.292. The molecular weight excluding hydrogens is 670 g/mol. The number of fused-ring (bicyclic) bond motifs is 1. The van der Waals surface area contributed by atoms with E-state index in [0.29, 0.717) is 44.6 Å². The Labute approximate surface area is 308 Å². The maximum atomic E-state index is 13.4. The summed E-state index contributed by atoms with van der Waals surface area (Å²) in [4.78, 5) is 13.4. The number of ketones is 1. The second-order valence-corrected chi connectivity index (χ2v) is 17.1. The molecule has 9 unspecified atom stereocenters. The second-order valence-electron chi connectivity index (χ2n) is 17.1. The quantitative estimate of drug-likeness (QED) is 0.252. The fourth-order valence-electron chi connectivity index (χ4n) is 10.6. The molecule has 9 heterocycles. The minimum Gasteiger partial charge on any atom is -0.392 e. The molecule has 12 heteroatoms. The molecule has 52 heavy (non-hydrogen) atoms. The number of aliphatic hydroxyl groups is 1. The first-order valence-corrected chi connectivity index (χ1v) is 20.1. The molecule has 9 aliphatic rings. The molecule has 18 atom stereocenters. The fraction of sp³-hybridized carbons (Fsp3) is 0.875. The average Bonchev–Trinajstić information content (AvgIpc) is 3.82. The third-order valence-electron chi connectivity index (χ3n) is 13.4. The van der Waals surface area contributed by atoms with E-state index in [2.05, 4.69) is 27.0 Å². The number of hydrogen-bond acceptors (Lipinski definition) is 12. The number of hydrogen-bond donors (Lipinski definition) is 2. The van der Waals surface area contributed by atoms with Gasteiger partial charge in [0.05, 0.1) is 67.6 Å². The van der Waals surface area contributed by atoms with Crippen LogP contribution < -0.4 is 5.73 Å². The van der Waals surface area contributed by atoms with Gasteiger partial charge in [0.2, 0.25) is 0 Å². The SMILES string of the molecule is C=C1CC(CC[C@@]23C[C@H]4OC5C(O2)[C@H]2OC(CC(=O)CC6COC(CC(O)CN)[C@@H]6OC)CCC2O[C@H]5C4O3)O[C@H]1CC[C@H]1C[C@@H](C)C(=C)[C@@H](C)O1. The van der Waals surface area contributed by atoms with Gasteiger partial charge < -0.3 is 53.5 Å². The first kappa shape index (κ1) is 37.6. The molecule has 0 aliphatic carbocycles. The average molecular weight is 732 g/mol. The highest BCUT2D eigenvalue weighted by Gasteiger charge is 2.68. The Morgan fingerprint density at radius 1 is 0.923 bits per heavy atom. The summed E-state index contributed by atoms with van der Waals surface area (Å²) in [6.07, 6.45) is 5.98. The van der Waals surface area contributed by atoms with Gasteiger partial charge in [-0.15, -0.1) is 0 Å². The van der Waals surface area contributed by atoms with Gasteiger partial charge in [0.15, 0.2) is 5.79 Å². The van der Waals surface area contributed by atoms with Crippen molar-refractivity contribution < 1.29 is 52.5 Å². The third kappa shape index (κ3) is 7.36. The number of rotatable bonds is 14. The Bertz CT molecular complexity index is 1320. The molecule has 9 aliphatic heterocycles. The molecule has 0 aromatic carbocycles. The zero-order valence-corrected chi connectivity index (χ0v) is 31.2. The van der Waals surface area contributed by atoms with Crippen molar-refractivity contribution in [1.29, 1.82) is 0 Å². The van der Waals surface area contributed by atoms with E-state index in [0.717, 1.165) is 50.5 Å². The Kier molecular flexibility index (Phi) is 11.1. The van der Waals surface area contributed by atoms with E-state index < -0.39 is 11.9 Å². The predicted molar refractivity (Wildman–Crippen MR) is 188 cm³/mol. The van der Waals surface area contributed by atoms with Crippen LogP contribution in [0.25, 0.3) is 0 Å². The monoisotopic (exact) mass is 731 g/mol. The van der Waals surface area contributed by atoms with Gasteiger partial charge in [-0.25, -0.2) is 0 Å². The lowest BCUT2D eigenvalue weighted by Crippen LogP contribution is -2.61. The maximum Gasteiger partial charge on any atom is 0.172 e. The Morgan fingerprint density at radius 3 is 2.50 bits per heavy atom. The van der Waals surface area contributed by atoms with Crippen LogP contribution in [0.3, 0.4) is 0 Å². The van der Waals surface area contributed by atoms with Gasteiger partial charge in [-0.3, -0.25) is 4.79 Å². The van der Waals surface area contributed by atoms with Crippen molar-refractivity contribution in [3.8, 4) is 0 Å². The number of carbonyl (C=O) groups is 1. The number of carbonyl (C=O) groups excluding carboxylic acids is 1. The molecule has 0 spiro atoms. The van der Waals surface area contributed by atoms with Crippen molar-refractivity contribution in [3.05, 3.63) is 24.3 Å². The van der Waals surface area contributed by atoms with Gasteiger partial charge in [0.1, 0.15) is 36.3 Å². The molecule has 12 nitrogen and oxygen atoms in total. The van der Waals surface area contributed by atoms with E-state index in [1.165, 1.54) is 5.57 Å². The molecule has 9 rings (SSSR count). The van der Waals surface area contributed by atoms with Crippen LogP contribution >= 0.6 is 0 Å². The summed E-state index contributed by atoms with van der Waals surface area (Å²) in [7, 11) is 1.63. The Hall–Kier alpha value is -1.29. The number of methoxy groups -OCH3 is 1. The van der Waals surface area contributed by atoms with Crippen LogP contribution in [0.5, 0.6) is 0 Å². The van der Waals surface area contributed by atoms with E-state index >= 15 is 0 Å². The third-order valence-corrected chi connectivity index (χ3v) is 13.4. The number of Topliss-reactive ketones (excluding diaryl/α,β-unsaturated/α-hetero) is 1. The molecule has 0 amide bonds. The normalized spacial score (nSPS) is 48.6. The molecule has 9 saturated heterocycles. The van der Waals surface area contributed by atoms with Crippen molar-refractivity contribution in [3.63, 3.8) is 0 Å². The zero-order valence-electron chi connectivity index (χ0n) is 31.2. The van der Waals surface area contributed by atoms with E-state index in [1.807, 2.05) is 0 Å². The van der Waals surface area contributed by atoms with Gasteiger partial charge in [-0.05, 0) is 68.9 Å². The van der Waals surface area contributed by atoms with Gasteiger partial charge in [-0.2, -0.15) is 0 Å². The Balaban J connectivity index is 0.851. The lowest BCUT2D eigenvalue weighted by atomic mass is 9.86. The molecule has 6 bridgehead atoms. The molecule has 9 fully saturated rings. The largest absolute Gasteiger partial charge is 0.392 e. The minimum atomic E-state index is -0.785. The van der Waals surface area contributed by atoms with Crippen molar-refractivity contribution in [2.24, 2.45) is 17.6 Å². The second kappa shape index (κ2) is 15.3. The van der Waals surface area contributed by atoms with Crippen LogP contribution in [0.15, 0.2) is 24.3 Å². The fourth-order valence-corrected chi connectivity index (χ4v) is 10.6. The van der Waals surface area contributed by atoms with Crippen LogP contribution in [-0.2, 0) is 47.4 Å². The zero-order chi connectivity index (χ0) is 36.3. The summed E-state index contributed by atoms with van der Waals surface area (Å²) >= 11 is 0. The minimum absolute atomic E-state index is 0.0426. The van der Waals surface area contributed by atoms with E-state index in [9.17, 15) is 9.90 Å². The highest BCUT2D eigenvalue weighted by atomic mass is 16.8. The van der Waals surface area contributed by atoms with Crippen molar-refractivity contribution in [1.82, 2.24) is 0 Å². The predicted octanol–water partition coefficient (Wildman–Crippen LogP) is 3.69. The topological polar surface area (TPSA) is 146 Å². The summed E-state index contributed by atoms with van der Waals surface area (Å²) < 4.78 is 58.1. The highest BCUT2D eigenvalue weighted by Crippen LogP contribution is 2.54. The molecule has 0 saturated carbocycles. The molecule has 0 radical (unpaired) electrons. The van der Waals surface area contributed by atoms with Gasteiger partial charge in [0.25, 0.3) is 0 Å². The van der Waals surface area contributed by atoms with Crippen LogP contribution in [0, 0.1) is 11.8 Å². The van der Waals surface area contributed by atoms with Crippen molar-refractivity contribution in [2.45, 2.75) is 188 Å². The summed E-state index contributed by atoms with van der Waals surface area (Å²) in [6, 6.07) is 0. The highest BCUT2D eigenvalue weighted by molar-refractivity contribution is 5.79. The van der Waals surface area contributed by atoms with E-state index in [4.69, 9.17) is 48.4 Å². The molecule has 3 N–H and O–H groups in total. The molecule has 0 aromatic rings. The first-order chi connectivity index (χ1) is 25.0. The van der Waals surface area contributed by atoms with E-state index in [1.54, 1.807) is 7.11 Å². The van der Waals surface area contributed by atoms with Gasteiger partial charge in [-0.1, -0.05) is 20.1 Å². The number of aliphatic hydroxyl groups excluding tert-OH is 1. The molecule has 0 aromatic heterocycles. The van der Waals surface area contributed by atoms with Crippen LogP contribution in [-0.4, -0.2) is 128 Å². The summed E-state index contributed by atoms with van der Waals surface area (Å²) in [5.41, 5.74) is 7.96. The van der Waals surface area contributed by atoms with Crippen LogP contribution in [0.4, 0.5) is 0 Å². The number of nitrogens with two attached hydrogens (primary N) is 1. The molecular formula is C40H61NO11. The smallest absolute Gasteiger partial charge is 0.172 e. The van der Waals surface area contributed by atoms with E-state index in [-0.39, 0.29) is 104 Å². The maximum absolute atomic E-state index is 13.4. The Morgan fingerprint density at radius 2 is 1.71 bits per heavy atom.